The van der Waals surface area contributed by atoms with Crippen molar-refractivity contribution in [1.29, 1.82) is 0 Å². The van der Waals surface area contributed by atoms with E-state index in [2.05, 4.69) is 25.8 Å². The van der Waals surface area contributed by atoms with Crippen LogP contribution in [0.1, 0.15) is 33.8 Å². The number of anilines is 1. The highest BCUT2D eigenvalue weighted by Crippen LogP contribution is 2.33. The van der Waals surface area contributed by atoms with Gasteiger partial charge in [-0.05, 0) is 41.5 Å². The summed E-state index contributed by atoms with van der Waals surface area (Å²) in [6, 6.07) is 7.24. The third kappa shape index (κ3) is 3.26. The fraction of sp³-hybridized carbons (Fsp3) is 0.333. The number of carbonyl (C=O) groups is 2. The van der Waals surface area contributed by atoms with Crippen molar-refractivity contribution < 1.29 is 9.59 Å². The van der Waals surface area contributed by atoms with E-state index in [4.69, 9.17) is 0 Å². The van der Waals surface area contributed by atoms with E-state index < -0.39 is 0 Å². The first-order valence-electron chi connectivity index (χ1n) is 9.09. The minimum absolute atomic E-state index is 0.0439. The zero-order valence-corrected chi connectivity index (χ0v) is 15.7. The van der Waals surface area contributed by atoms with Gasteiger partial charge in [-0.2, -0.15) is 0 Å². The van der Waals surface area contributed by atoms with Crippen LogP contribution in [-0.4, -0.2) is 48.5 Å². The third-order valence-electron chi connectivity index (χ3n) is 4.90. The molecule has 1 aliphatic heterocycles. The van der Waals surface area contributed by atoms with E-state index in [9.17, 15) is 9.59 Å². The van der Waals surface area contributed by atoms with Gasteiger partial charge >= 0.3 is 0 Å². The van der Waals surface area contributed by atoms with Gasteiger partial charge < -0.3 is 10.2 Å². The van der Waals surface area contributed by atoms with Crippen molar-refractivity contribution in [3.8, 4) is 5.69 Å². The number of aromatic nitrogens is 5. The molecule has 2 aliphatic rings. The van der Waals surface area contributed by atoms with Crippen molar-refractivity contribution in [2.75, 3.05) is 11.9 Å². The van der Waals surface area contributed by atoms with Gasteiger partial charge in [0.1, 0.15) is 6.33 Å². The van der Waals surface area contributed by atoms with Gasteiger partial charge in [-0.3, -0.25) is 9.59 Å². The van der Waals surface area contributed by atoms with Crippen LogP contribution in [0, 0.1) is 5.92 Å². The Kier molecular flexibility index (Phi) is 4.12. The third-order valence-corrected chi connectivity index (χ3v) is 5.90. The van der Waals surface area contributed by atoms with Gasteiger partial charge in [0.05, 0.1) is 17.9 Å². The van der Waals surface area contributed by atoms with E-state index in [0.29, 0.717) is 30.2 Å². The Morgan fingerprint density at radius 1 is 1.25 bits per heavy atom. The molecule has 1 aliphatic carbocycles. The summed E-state index contributed by atoms with van der Waals surface area (Å²) >= 11 is 1.46. The van der Waals surface area contributed by atoms with E-state index in [1.807, 2.05) is 17.0 Å². The zero-order chi connectivity index (χ0) is 19.1. The minimum atomic E-state index is -0.0439. The van der Waals surface area contributed by atoms with Crippen molar-refractivity contribution >= 4 is 28.3 Å². The fourth-order valence-electron chi connectivity index (χ4n) is 3.22. The molecule has 0 atom stereocenters. The number of carbonyl (C=O) groups excluding carboxylic acids is 2. The maximum atomic E-state index is 13.0. The first kappa shape index (κ1) is 17.0. The van der Waals surface area contributed by atoms with Gasteiger partial charge in [0.2, 0.25) is 5.91 Å². The standard InChI is InChI=1S/C18H17N7O2S/c26-16(11-4-5-11)21-18-20-14-6-7-24(9-15(14)28-18)17(27)12-2-1-3-13(8-12)25-10-19-22-23-25/h1-3,8,10-11H,4-7,9H2,(H,20,21,26). The van der Waals surface area contributed by atoms with Crippen LogP contribution in [0.5, 0.6) is 0 Å². The van der Waals surface area contributed by atoms with Gasteiger partial charge in [0, 0.05) is 29.3 Å². The number of benzene rings is 1. The predicted octanol–water partition coefficient (Wildman–Crippen LogP) is 1.67. The molecule has 3 heterocycles. The van der Waals surface area contributed by atoms with E-state index in [0.717, 1.165) is 29.1 Å². The lowest BCUT2D eigenvalue weighted by atomic mass is 10.1. The molecular formula is C18H17N7O2S. The number of fused-ring (bicyclic) bond motifs is 1. The van der Waals surface area contributed by atoms with Crippen LogP contribution in [0.2, 0.25) is 0 Å². The monoisotopic (exact) mass is 395 g/mol. The topological polar surface area (TPSA) is 106 Å². The number of amides is 2. The molecule has 0 radical (unpaired) electrons. The highest BCUT2D eigenvalue weighted by Gasteiger charge is 2.31. The van der Waals surface area contributed by atoms with E-state index in [-0.39, 0.29) is 17.7 Å². The normalized spacial score (nSPS) is 15.9. The van der Waals surface area contributed by atoms with Crippen LogP contribution in [-0.2, 0) is 17.8 Å². The van der Waals surface area contributed by atoms with Crippen molar-refractivity contribution in [2.24, 2.45) is 5.92 Å². The molecule has 0 unspecified atom stereocenters. The molecule has 10 heteroatoms. The Hall–Kier alpha value is -3.14. The predicted molar refractivity (Wildman–Crippen MR) is 101 cm³/mol. The maximum absolute atomic E-state index is 13.0. The molecule has 1 N–H and O–H groups in total. The second-order valence-electron chi connectivity index (χ2n) is 6.93. The number of hydrogen-bond donors (Lipinski definition) is 1. The van der Waals surface area contributed by atoms with Crippen LogP contribution in [0.4, 0.5) is 5.13 Å². The fourth-order valence-corrected chi connectivity index (χ4v) is 4.25. The Morgan fingerprint density at radius 2 is 2.14 bits per heavy atom. The minimum Gasteiger partial charge on any atom is -0.333 e. The van der Waals surface area contributed by atoms with E-state index in [1.165, 1.54) is 22.3 Å². The van der Waals surface area contributed by atoms with Gasteiger partial charge in [-0.15, -0.1) is 5.10 Å². The number of tetrazole rings is 1. The van der Waals surface area contributed by atoms with E-state index >= 15 is 0 Å². The van der Waals surface area contributed by atoms with Crippen LogP contribution in [0.15, 0.2) is 30.6 Å². The number of nitrogens with one attached hydrogen (secondary N) is 1. The average Bonchev–Trinajstić information content (AvgIpc) is 3.27. The molecule has 2 aromatic heterocycles. The summed E-state index contributed by atoms with van der Waals surface area (Å²) in [7, 11) is 0. The Balaban J connectivity index is 1.32. The first-order chi connectivity index (χ1) is 13.7. The molecule has 9 nitrogen and oxygen atoms in total. The second kappa shape index (κ2) is 6.79. The number of rotatable bonds is 4. The van der Waals surface area contributed by atoms with Crippen molar-refractivity contribution in [3.63, 3.8) is 0 Å². The molecular weight excluding hydrogens is 378 g/mol. The molecule has 5 rings (SSSR count). The lowest BCUT2D eigenvalue weighted by molar-refractivity contribution is -0.117. The van der Waals surface area contributed by atoms with Gasteiger partial charge in [0.25, 0.3) is 5.91 Å². The van der Waals surface area contributed by atoms with Gasteiger partial charge in [0.15, 0.2) is 5.13 Å². The summed E-state index contributed by atoms with van der Waals surface area (Å²) in [5.41, 5.74) is 2.29. The smallest absolute Gasteiger partial charge is 0.254 e. The van der Waals surface area contributed by atoms with Crippen molar-refractivity contribution in [2.45, 2.75) is 25.8 Å². The van der Waals surface area contributed by atoms with Crippen LogP contribution < -0.4 is 5.32 Å². The molecule has 1 fully saturated rings. The molecule has 2 amide bonds. The lowest BCUT2D eigenvalue weighted by Crippen LogP contribution is -2.35. The SMILES string of the molecule is O=C(Nc1nc2c(s1)CN(C(=O)c1cccc(-n3cnnn3)c1)CC2)C1CC1. The molecule has 0 spiro atoms. The van der Waals surface area contributed by atoms with Gasteiger partial charge in [-0.25, -0.2) is 9.67 Å². The van der Waals surface area contributed by atoms with Crippen LogP contribution in [0.25, 0.3) is 5.69 Å². The Labute approximate surface area is 164 Å². The molecule has 1 aromatic carbocycles. The number of thiazole rings is 1. The van der Waals surface area contributed by atoms with Crippen LogP contribution in [0.3, 0.4) is 0 Å². The molecule has 3 aromatic rings. The van der Waals surface area contributed by atoms with Crippen LogP contribution >= 0.6 is 11.3 Å². The second-order valence-corrected chi connectivity index (χ2v) is 8.02. The maximum Gasteiger partial charge on any atom is 0.254 e. The van der Waals surface area contributed by atoms with Crippen molar-refractivity contribution in [3.05, 3.63) is 46.7 Å². The zero-order valence-electron chi connectivity index (χ0n) is 14.9. The summed E-state index contributed by atoms with van der Waals surface area (Å²) in [6.45, 7) is 1.10. The van der Waals surface area contributed by atoms with Gasteiger partial charge in [-0.1, -0.05) is 17.4 Å². The largest absolute Gasteiger partial charge is 0.333 e. The molecule has 0 saturated heterocycles. The number of nitrogens with zero attached hydrogens (tertiary/aromatic N) is 6. The Morgan fingerprint density at radius 3 is 2.93 bits per heavy atom. The summed E-state index contributed by atoms with van der Waals surface area (Å²) in [5.74, 6) is 0.155. The Bertz CT molecular complexity index is 1040. The summed E-state index contributed by atoms with van der Waals surface area (Å²) in [6.07, 6.45) is 4.10. The lowest BCUT2D eigenvalue weighted by Gasteiger charge is -2.26. The summed E-state index contributed by atoms with van der Waals surface area (Å²) < 4.78 is 1.52. The highest BCUT2D eigenvalue weighted by atomic mass is 32.1. The first-order valence-corrected chi connectivity index (χ1v) is 9.91. The molecule has 142 valence electrons. The number of hydrogen-bond acceptors (Lipinski definition) is 7. The molecule has 0 bridgehead atoms. The molecule has 28 heavy (non-hydrogen) atoms. The highest BCUT2D eigenvalue weighted by molar-refractivity contribution is 7.15. The summed E-state index contributed by atoms with van der Waals surface area (Å²) in [4.78, 5) is 32.3. The quantitative estimate of drug-likeness (QED) is 0.720. The molecule has 1 saturated carbocycles. The summed E-state index contributed by atoms with van der Waals surface area (Å²) in [5, 5.41) is 14.7. The van der Waals surface area contributed by atoms with Crippen molar-refractivity contribution in [1.82, 2.24) is 30.1 Å². The van der Waals surface area contributed by atoms with E-state index in [1.54, 1.807) is 12.1 Å². The average molecular weight is 395 g/mol.